The molecule has 14 heteroatoms. The lowest BCUT2D eigenvalue weighted by Gasteiger charge is -2.61. The minimum atomic E-state index is -5.08. The van der Waals surface area contributed by atoms with E-state index < -0.39 is 53.7 Å². The summed E-state index contributed by atoms with van der Waals surface area (Å²) in [5, 5.41) is 48.1. The quantitative estimate of drug-likeness (QED) is 0.346. The second-order valence-electron chi connectivity index (χ2n) is 9.44. The molecule has 37 heavy (non-hydrogen) atoms. The van der Waals surface area contributed by atoms with Crippen LogP contribution in [0.25, 0.3) is 0 Å². The zero-order valence-electron chi connectivity index (χ0n) is 19.4. The monoisotopic (exact) mass is 531 g/mol. The highest BCUT2D eigenvalue weighted by Gasteiger charge is 2.72. The molecular weight excluding hydrogens is 507 g/mol. The lowest BCUT2D eigenvalue weighted by Crippen LogP contribution is -2.74. The average Bonchev–Trinajstić information content (AvgIpc) is 3.15. The Hall–Kier alpha value is -3.36. The van der Waals surface area contributed by atoms with Crippen molar-refractivity contribution in [2.24, 2.45) is 0 Å². The van der Waals surface area contributed by atoms with Crippen LogP contribution in [0.15, 0.2) is 24.0 Å². The van der Waals surface area contributed by atoms with E-state index in [0.29, 0.717) is 19.4 Å². The number of carboxylic acid groups (broad SMARTS) is 2. The summed E-state index contributed by atoms with van der Waals surface area (Å²) in [7, 11) is 1.97. The van der Waals surface area contributed by atoms with Crippen LogP contribution in [0.3, 0.4) is 0 Å². The van der Waals surface area contributed by atoms with E-state index in [2.05, 4.69) is 4.90 Å². The Morgan fingerprint density at radius 2 is 1.92 bits per heavy atom. The zero-order valence-corrected chi connectivity index (χ0v) is 19.4. The number of aliphatic hydroxyl groups is 2. The second-order valence-corrected chi connectivity index (χ2v) is 9.44. The molecule has 1 saturated heterocycles. The van der Waals surface area contributed by atoms with E-state index in [0.717, 1.165) is 11.1 Å². The zero-order chi connectivity index (χ0) is 27.5. The summed E-state index contributed by atoms with van der Waals surface area (Å²) < 4.78 is 43.2. The van der Waals surface area contributed by atoms with Gasteiger partial charge in [-0.3, -0.25) is 4.79 Å². The lowest BCUT2D eigenvalue weighted by molar-refractivity contribution is -0.192. The van der Waals surface area contributed by atoms with Gasteiger partial charge in [0.1, 0.15) is 5.76 Å². The Labute approximate surface area is 207 Å². The highest BCUT2D eigenvalue weighted by atomic mass is 19.4. The molecule has 0 unspecified atom stereocenters. The van der Waals surface area contributed by atoms with E-state index in [4.69, 9.17) is 24.5 Å². The molecule has 0 aromatic heterocycles. The number of hydrogen-bond acceptors (Lipinski definition) is 9. The number of carbonyl (C=O) groups is 3. The Morgan fingerprint density at radius 3 is 2.51 bits per heavy atom. The van der Waals surface area contributed by atoms with Gasteiger partial charge in [0, 0.05) is 18.0 Å². The predicted octanol–water partition coefficient (Wildman–Crippen LogP) is 0.682. The molecule has 1 aromatic carbocycles. The predicted molar refractivity (Wildman–Crippen MR) is 115 cm³/mol. The molecule has 1 aromatic rings. The van der Waals surface area contributed by atoms with Crippen molar-refractivity contribution in [3.05, 3.63) is 35.1 Å². The van der Waals surface area contributed by atoms with Gasteiger partial charge in [-0.05, 0) is 44.1 Å². The summed E-state index contributed by atoms with van der Waals surface area (Å²) >= 11 is 0. The average molecular weight is 531 g/mol. The SMILES string of the molecule is CN1CC[C@]23c4c5ccc(O)c4O[C@H]2C(OC(=O)[C@@H](O)CC(=O)O)=CC[C@@]3(O)[C@H]1C5.O=C(O)C(F)(F)F. The number of aromatic hydroxyl groups is 1. The molecule has 5 rings (SSSR count). The molecule has 11 nitrogen and oxygen atoms in total. The number of benzene rings is 1. The standard InChI is InChI=1S/C21H23NO8.C2HF3O2/c1-22-7-6-20-16-10-2-3-11(23)17(16)30-18(20)13(4-5-21(20,28)14(22)8-10)29-19(27)12(24)9-15(25)26;3-2(4,5)1(6)7/h2-4,12,14,18,23-24,28H,5-9H2,1H3,(H,25,26);(H,6,7)/t12-,14+,18-,20-,21+;/m0./s1. The van der Waals surface area contributed by atoms with Gasteiger partial charge in [0.05, 0.1) is 17.4 Å². The summed E-state index contributed by atoms with van der Waals surface area (Å²) in [6, 6.07) is 3.23. The van der Waals surface area contributed by atoms with Crippen molar-refractivity contribution >= 4 is 17.9 Å². The Morgan fingerprint density at radius 1 is 1.27 bits per heavy atom. The number of nitrogens with zero attached hydrogens (tertiary/aromatic N) is 1. The number of halogens is 3. The van der Waals surface area contributed by atoms with Crippen LogP contribution in [-0.2, 0) is 31.0 Å². The number of phenols is 1. The van der Waals surface area contributed by atoms with Crippen molar-refractivity contribution in [3.8, 4) is 11.5 Å². The Kier molecular flexibility index (Phi) is 6.41. The van der Waals surface area contributed by atoms with Gasteiger partial charge < -0.3 is 39.9 Å². The topological polar surface area (TPSA) is 174 Å². The third-order valence-corrected chi connectivity index (χ3v) is 7.45. The van der Waals surface area contributed by atoms with Gasteiger partial charge in [-0.2, -0.15) is 13.2 Å². The van der Waals surface area contributed by atoms with Crippen LogP contribution in [0.1, 0.15) is 30.4 Å². The number of likely N-dealkylation sites (N-methyl/N-ethyl adjacent to an activating group) is 1. The van der Waals surface area contributed by atoms with Gasteiger partial charge in [0.25, 0.3) is 0 Å². The third-order valence-electron chi connectivity index (χ3n) is 7.45. The van der Waals surface area contributed by atoms with E-state index in [9.17, 15) is 38.1 Å². The summed E-state index contributed by atoms with van der Waals surface area (Å²) in [6.07, 6.45) is -5.63. The van der Waals surface area contributed by atoms with Crippen LogP contribution in [-0.4, -0.2) is 92.0 Å². The van der Waals surface area contributed by atoms with E-state index >= 15 is 0 Å². The number of phenolic OH excluding ortho intramolecular Hbond substituents is 1. The first-order chi connectivity index (χ1) is 17.1. The summed E-state index contributed by atoms with van der Waals surface area (Å²) in [5.41, 5.74) is -0.364. The minimum absolute atomic E-state index is 0.0474. The van der Waals surface area contributed by atoms with Gasteiger partial charge >= 0.3 is 24.1 Å². The molecular formula is C23H24F3NO10. The van der Waals surface area contributed by atoms with Crippen molar-refractivity contribution in [2.75, 3.05) is 13.6 Å². The van der Waals surface area contributed by atoms with Gasteiger partial charge in [0.2, 0.25) is 0 Å². The maximum Gasteiger partial charge on any atom is 0.490 e. The third kappa shape index (κ3) is 4.08. The first-order valence-corrected chi connectivity index (χ1v) is 11.2. The van der Waals surface area contributed by atoms with Gasteiger partial charge in [-0.1, -0.05) is 6.07 Å². The van der Waals surface area contributed by atoms with Gasteiger partial charge in [0.15, 0.2) is 23.7 Å². The molecule has 4 aliphatic rings. The number of carbonyl (C=O) groups excluding carboxylic acids is 1. The summed E-state index contributed by atoms with van der Waals surface area (Å²) in [5.74, 6) is -4.81. The Bertz CT molecular complexity index is 1180. The summed E-state index contributed by atoms with van der Waals surface area (Å²) in [6.45, 7) is 0.685. The number of esters is 1. The molecule has 202 valence electrons. The molecule has 1 spiro atoms. The molecule has 2 bridgehead atoms. The van der Waals surface area contributed by atoms with Crippen LogP contribution in [0.2, 0.25) is 0 Å². The lowest BCUT2D eigenvalue weighted by atomic mass is 9.50. The molecule has 1 fully saturated rings. The van der Waals surface area contributed by atoms with Crippen molar-refractivity contribution < 1.29 is 62.6 Å². The maximum absolute atomic E-state index is 12.3. The van der Waals surface area contributed by atoms with Crippen LogP contribution in [0.5, 0.6) is 11.5 Å². The molecule has 0 amide bonds. The minimum Gasteiger partial charge on any atom is -0.504 e. The smallest absolute Gasteiger partial charge is 0.490 e. The molecule has 2 aliphatic heterocycles. The van der Waals surface area contributed by atoms with E-state index in [1.54, 1.807) is 12.1 Å². The highest BCUT2D eigenvalue weighted by Crippen LogP contribution is 2.65. The number of aliphatic hydroxyl groups excluding tert-OH is 1. The van der Waals surface area contributed by atoms with Crippen LogP contribution in [0.4, 0.5) is 13.2 Å². The second kappa shape index (κ2) is 8.89. The molecule has 2 aliphatic carbocycles. The number of alkyl halides is 3. The van der Waals surface area contributed by atoms with Crippen LogP contribution < -0.4 is 4.74 Å². The van der Waals surface area contributed by atoms with E-state index in [1.807, 2.05) is 13.1 Å². The molecule has 0 radical (unpaired) electrons. The van der Waals surface area contributed by atoms with E-state index in [1.165, 1.54) is 0 Å². The van der Waals surface area contributed by atoms with Crippen molar-refractivity contribution in [3.63, 3.8) is 0 Å². The molecule has 2 heterocycles. The molecule has 5 N–H and O–H groups in total. The van der Waals surface area contributed by atoms with Gasteiger partial charge in [-0.25, -0.2) is 9.59 Å². The fourth-order valence-electron chi connectivity index (χ4n) is 5.87. The largest absolute Gasteiger partial charge is 0.504 e. The van der Waals surface area contributed by atoms with Gasteiger partial charge in [-0.15, -0.1) is 0 Å². The fourth-order valence-corrected chi connectivity index (χ4v) is 5.87. The van der Waals surface area contributed by atoms with Crippen molar-refractivity contribution in [1.29, 1.82) is 0 Å². The first kappa shape index (κ1) is 26.7. The summed E-state index contributed by atoms with van der Waals surface area (Å²) in [4.78, 5) is 34.1. The van der Waals surface area contributed by atoms with Crippen LogP contribution >= 0.6 is 0 Å². The number of hydrogen-bond donors (Lipinski definition) is 5. The Balaban J connectivity index is 0.000000405. The van der Waals surface area contributed by atoms with E-state index in [-0.39, 0.29) is 29.7 Å². The number of rotatable bonds is 4. The first-order valence-electron chi connectivity index (χ1n) is 11.2. The normalized spacial score (nSPS) is 30.1. The van der Waals surface area contributed by atoms with Crippen molar-refractivity contribution in [1.82, 2.24) is 4.90 Å². The maximum atomic E-state index is 12.3. The fraction of sp³-hybridized carbons (Fsp3) is 0.522. The number of aliphatic carboxylic acids is 2. The van der Waals surface area contributed by atoms with Crippen LogP contribution in [0, 0.1) is 0 Å². The number of piperidine rings is 1. The van der Waals surface area contributed by atoms with Crippen molar-refractivity contribution in [2.45, 2.75) is 61.1 Å². The highest BCUT2D eigenvalue weighted by molar-refractivity contribution is 5.81. The molecule has 0 saturated carbocycles. The number of ether oxygens (including phenoxy) is 2. The molecule has 5 atom stereocenters. The number of likely N-dealkylation sites (tertiary alicyclic amines) is 1. The number of carboxylic acids is 2.